The second-order valence-corrected chi connectivity index (χ2v) is 8.64. The number of benzene rings is 1. The van der Waals surface area contributed by atoms with Crippen molar-refractivity contribution in [3.8, 4) is 5.75 Å². The summed E-state index contributed by atoms with van der Waals surface area (Å²) in [6, 6.07) is 13.1. The lowest BCUT2D eigenvalue weighted by Gasteiger charge is -2.42. The normalized spacial score (nSPS) is 19.7. The predicted octanol–water partition coefficient (Wildman–Crippen LogP) is 3.29. The van der Waals surface area contributed by atoms with Crippen LogP contribution in [0.15, 0.2) is 51.8 Å². The van der Waals surface area contributed by atoms with Crippen LogP contribution < -0.4 is 10.3 Å². The molecule has 2 bridgehead atoms. The molecule has 2 aliphatic heterocycles. The fourth-order valence-electron chi connectivity index (χ4n) is 4.72. The highest BCUT2D eigenvalue weighted by molar-refractivity contribution is 5.92. The lowest BCUT2D eigenvalue weighted by molar-refractivity contribution is 0.0584. The van der Waals surface area contributed by atoms with Crippen molar-refractivity contribution in [2.24, 2.45) is 5.92 Å². The van der Waals surface area contributed by atoms with Crippen LogP contribution in [0.1, 0.15) is 45.4 Å². The minimum atomic E-state index is -0.136. The van der Waals surface area contributed by atoms with Gasteiger partial charge in [0.2, 0.25) is 0 Å². The number of hydrogen-bond acceptors (Lipinski definition) is 5. The maximum atomic E-state index is 13.1. The summed E-state index contributed by atoms with van der Waals surface area (Å²) in [7, 11) is 0. The number of piperidine rings is 1. The Bertz CT molecular complexity index is 1200. The van der Waals surface area contributed by atoms with E-state index in [-0.39, 0.29) is 29.9 Å². The Morgan fingerprint density at radius 1 is 1.16 bits per heavy atom. The van der Waals surface area contributed by atoms with E-state index in [2.05, 4.69) is 5.16 Å². The first kappa shape index (κ1) is 19.6. The Kier molecular flexibility index (Phi) is 4.88. The average Bonchev–Trinajstić information content (AvgIpc) is 3.23. The van der Waals surface area contributed by atoms with Gasteiger partial charge in [-0.15, -0.1) is 0 Å². The van der Waals surface area contributed by atoms with Crippen LogP contribution >= 0.6 is 0 Å². The van der Waals surface area contributed by atoms with Gasteiger partial charge >= 0.3 is 0 Å². The number of amides is 1. The third-order valence-electron chi connectivity index (χ3n) is 6.26. The summed E-state index contributed by atoms with van der Waals surface area (Å²) < 4.78 is 13.1. The Balaban J connectivity index is 1.28. The number of likely N-dealkylation sites (tertiary alicyclic amines) is 1. The predicted molar refractivity (Wildman–Crippen MR) is 114 cm³/mol. The molecule has 160 valence electrons. The van der Waals surface area contributed by atoms with Gasteiger partial charge in [0.25, 0.3) is 11.5 Å². The van der Waals surface area contributed by atoms with E-state index in [1.807, 2.05) is 47.6 Å². The van der Waals surface area contributed by atoms with Gasteiger partial charge in [0, 0.05) is 43.4 Å². The highest BCUT2D eigenvalue weighted by Crippen LogP contribution is 2.35. The summed E-state index contributed by atoms with van der Waals surface area (Å²) >= 11 is 0. The van der Waals surface area contributed by atoms with Crippen molar-refractivity contribution in [3.63, 3.8) is 0 Å². The number of aromatic nitrogens is 2. The summed E-state index contributed by atoms with van der Waals surface area (Å²) in [5.41, 5.74) is 3.51. The second-order valence-electron chi connectivity index (χ2n) is 8.64. The van der Waals surface area contributed by atoms with E-state index in [0.29, 0.717) is 31.1 Å². The summed E-state index contributed by atoms with van der Waals surface area (Å²) in [6.45, 7) is 6.08. The van der Waals surface area contributed by atoms with Gasteiger partial charge in [-0.3, -0.25) is 9.59 Å². The van der Waals surface area contributed by atoms with Gasteiger partial charge in [-0.1, -0.05) is 23.4 Å². The molecule has 7 heteroatoms. The molecule has 2 aromatic heterocycles. The third-order valence-corrected chi connectivity index (χ3v) is 6.26. The van der Waals surface area contributed by atoms with Crippen molar-refractivity contribution in [3.05, 3.63) is 81.1 Å². The first-order valence-electron chi connectivity index (χ1n) is 10.6. The summed E-state index contributed by atoms with van der Waals surface area (Å²) in [6.07, 6.45) is 1.00. The van der Waals surface area contributed by atoms with E-state index in [1.54, 1.807) is 18.2 Å². The van der Waals surface area contributed by atoms with Crippen molar-refractivity contribution < 1.29 is 14.1 Å². The highest BCUT2D eigenvalue weighted by Gasteiger charge is 2.37. The molecule has 2 aliphatic rings. The van der Waals surface area contributed by atoms with Gasteiger partial charge in [-0.2, -0.15) is 0 Å². The second kappa shape index (κ2) is 7.72. The summed E-state index contributed by atoms with van der Waals surface area (Å²) in [5.74, 6) is 1.61. The Labute approximate surface area is 180 Å². The van der Waals surface area contributed by atoms with E-state index in [0.717, 1.165) is 29.0 Å². The van der Waals surface area contributed by atoms with Crippen molar-refractivity contribution in [1.29, 1.82) is 0 Å². The topological polar surface area (TPSA) is 77.6 Å². The number of nitrogens with zero attached hydrogens (tertiary/aromatic N) is 3. The standard InChI is InChI=1S/C24H25N3O4/c1-15-6-7-16(2)22(8-15)30-14-19-10-20(25-31-19)24(29)26-11-17-9-18(13-26)21-4-3-5-23(28)27(21)12-17/h3-8,10,17-18H,9,11-14H2,1-2H3/t17-,18-/m1/s1. The Morgan fingerprint density at radius 2 is 2.03 bits per heavy atom. The molecule has 2 atom stereocenters. The molecular formula is C24H25N3O4. The molecule has 0 aliphatic carbocycles. The van der Waals surface area contributed by atoms with Crippen LogP contribution in [-0.4, -0.2) is 33.6 Å². The average molecular weight is 419 g/mol. The lowest BCUT2D eigenvalue weighted by atomic mass is 9.83. The molecule has 1 amide bonds. The van der Waals surface area contributed by atoms with Gasteiger partial charge in [0.05, 0.1) is 0 Å². The van der Waals surface area contributed by atoms with Crippen molar-refractivity contribution in [2.45, 2.75) is 39.3 Å². The van der Waals surface area contributed by atoms with Crippen LogP contribution in [0.25, 0.3) is 0 Å². The number of hydrogen-bond donors (Lipinski definition) is 0. The minimum absolute atomic E-state index is 0.0389. The van der Waals surface area contributed by atoms with Gasteiger partial charge in [-0.25, -0.2) is 0 Å². The van der Waals surface area contributed by atoms with Crippen LogP contribution in [0, 0.1) is 19.8 Å². The number of rotatable bonds is 4. The number of carbonyl (C=O) groups is 1. The van der Waals surface area contributed by atoms with Crippen molar-refractivity contribution in [2.75, 3.05) is 13.1 Å². The summed E-state index contributed by atoms with van der Waals surface area (Å²) in [4.78, 5) is 27.1. The molecule has 1 fully saturated rings. The fourth-order valence-corrected chi connectivity index (χ4v) is 4.72. The first-order chi connectivity index (χ1) is 15.0. The lowest BCUT2D eigenvalue weighted by Crippen LogP contribution is -2.49. The quantitative estimate of drug-likeness (QED) is 0.649. The number of ether oxygens (including phenoxy) is 1. The third kappa shape index (κ3) is 3.76. The van der Waals surface area contributed by atoms with E-state index >= 15 is 0 Å². The minimum Gasteiger partial charge on any atom is -0.485 e. The zero-order chi connectivity index (χ0) is 21.5. The Morgan fingerprint density at radius 3 is 2.90 bits per heavy atom. The molecule has 31 heavy (non-hydrogen) atoms. The zero-order valence-electron chi connectivity index (χ0n) is 17.7. The zero-order valence-corrected chi connectivity index (χ0v) is 17.7. The van der Waals surface area contributed by atoms with Crippen LogP contribution in [-0.2, 0) is 13.2 Å². The van der Waals surface area contributed by atoms with E-state index in [9.17, 15) is 9.59 Å². The Hall–Kier alpha value is -3.35. The van der Waals surface area contributed by atoms with E-state index in [1.165, 1.54) is 0 Å². The SMILES string of the molecule is Cc1ccc(C)c(OCc2cc(C(=O)N3C[C@H]4C[C@H](C3)c3cccc(=O)n3C4)no2)c1. The first-order valence-corrected chi connectivity index (χ1v) is 10.6. The molecule has 0 unspecified atom stereocenters. The fraction of sp³-hybridized carbons (Fsp3) is 0.375. The highest BCUT2D eigenvalue weighted by atomic mass is 16.5. The molecule has 0 saturated carbocycles. The molecule has 0 spiro atoms. The molecule has 5 rings (SSSR count). The van der Waals surface area contributed by atoms with E-state index < -0.39 is 0 Å². The van der Waals surface area contributed by atoms with Gasteiger partial charge in [0.15, 0.2) is 11.5 Å². The largest absolute Gasteiger partial charge is 0.485 e. The number of fused-ring (bicyclic) bond motifs is 4. The molecule has 1 saturated heterocycles. The van der Waals surface area contributed by atoms with Crippen LogP contribution in [0.4, 0.5) is 0 Å². The van der Waals surface area contributed by atoms with Crippen LogP contribution in [0.2, 0.25) is 0 Å². The van der Waals surface area contributed by atoms with Crippen molar-refractivity contribution in [1.82, 2.24) is 14.6 Å². The summed E-state index contributed by atoms with van der Waals surface area (Å²) in [5, 5.41) is 3.99. The van der Waals surface area contributed by atoms with Gasteiger partial charge < -0.3 is 18.7 Å². The molecular weight excluding hydrogens is 394 g/mol. The van der Waals surface area contributed by atoms with Crippen LogP contribution in [0.5, 0.6) is 5.75 Å². The maximum Gasteiger partial charge on any atom is 0.276 e. The van der Waals surface area contributed by atoms with Gasteiger partial charge in [-0.05, 0) is 49.4 Å². The molecule has 0 N–H and O–H groups in total. The number of aryl methyl sites for hydroxylation is 2. The van der Waals surface area contributed by atoms with E-state index in [4.69, 9.17) is 9.26 Å². The molecule has 4 heterocycles. The van der Waals surface area contributed by atoms with Crippen molar-refractivity contribution >= 4 is 5.91 Å². The van der Waals surface area contributed by atoms with Crippen LogP contribution in [0.3, 0.4) is 0 Å². The number of pyridine rings is 1. The molecule has 0 radical (unpaired) electrons. The monoisotopic (exact) mass is 419 g/mol. The van der Waals surface area contributed by atoms with Gasteiger partial charge in [0.1, 0.15) is 12.4 Å². The molecule has 3 aromatic rings. The maximum absolute atomic E-state index is 13.1. The molecule has 1 aromatic carbocycles. The smallest absolute Gasteiger partial charge is 0.276 e. The molecule has 7 nitrogen and oxygen atoms in total. The number of carbonyl (C=O) groups excluding carboxylic acids is 1.